The van der Waals surface area contributed by atoms with Gasteiger partial charge in [-0.15, -0.1) is 0 Å². The number of halogens is 1. The van der Waals surface area contributed by atoms with Crippen molar-refractivity contribution in [1.82, 2.24) is 23.3 Å². The van der Waals surface area contributed by atoms with E-state index in [1.54, 1.807) is 35.2 Å². The van der Waals surface area contributed by atoms with Gasteiger partial charge in [-0.25, -0.2) is 9.07 Å². The number of aryl methyl sites for hydroxylation is 1. The number of benzene rings is 2. The van der Waals surface area contributed by atoms with Gasteiger partial charge in [0, 0.05) is 51.7 Å². The molecule has 2 aromatic carbocycles. The molecule has 1 fully saturated rings. The molecule has 0 spiro atoms. The lowest BCUT2D eigenvalue weighted by Crippen LogP contribution is -2.53. The van der Waals surface area contributed by atoms with E-state index < -0.39 is 10.2 Å². The maximum Gasteiger partial charge on any atom is 0.281 e. The lowest BCUT2D eigenvalue weighted by atomic mass is 9.96. The predicted molar refractivity (Wildman–Crippen MR) is 129 cm³/mol. The Hall–Kier alpha value is -2.33. The predicted octanol–water partition coefficient (Wildman–Crippen LogP) is 3.59. The van der Waals surface area contributed by atoms with Crippen molar-refractivity contribution in [2.75, 3.05) is 40.3 Å². The Kier molecular flexibility index (Phi) is 6.59. The normalized spacial score (nSPS) is 18.6. The highest BCUT2D eigenvalue weighted by Gasteiger charge is 2.36. The minimum Gasteiger partial charge on any atom is -0.293 e. The van der Waals surface area contributed by atoms with Crippen LogP contribution in [0, 0.1) is 18.7 Å². The van der Waals surface area contributed by atoms with Crippen molar-refractivity contribution in [2.45, 2.75) is 26.8 Å². The van der Waals surface area contributed by atoms with Crippen LogP contribution in [0.1, 0.15) is 31.0 Å². The minimum absolute atomic E-state index is 0.0468. The van der Waals surface area contributed by atoms with Crippen molar-refractivity contribution >= 4 is 21.1 Å². The van der Waals surface area contributed by atoms with Crippen molar-refractivity contribution in [3.8, 4) is 5.69 Å². The molecule has 178 valence electrons. The maximum atomic E-state index is 13.4. The molecule has 3 aromatic rings. The third-order valence-corrected chi connectivity index (χ3v) is 8.13. The van der Waals surface area contributed by atoms with Gasteiger partial charge in [0.05, 0.1) is 17.4 Å². The summed E-state index contributed by atoms with van der Waals surface area (Å²) in [6.45, 7) is 8.89. The van der Waals surface area contributed by atoms with Crippen molar-refractivity contribution in [3.05, 3.63) is 59.5 Å². The van der Waals surface area contributed by atoms with Gasteiger partial charge >= 0.3 is 0 Å². The molecule has 1 atom stereocenters. The average Bonchev–Trinajstić information content (AvgIpc) is 3.16. The molecule has 0 aliphatic carbocycles. The van der Waals surface area contributed by atoms with Crippen LogP contribution in [-0.4, -0.2) is 72.0 Å². The van der Waals surface area contributed by atoms with E-state index in [2.05, 4.69) is 42.9 Å². The van der Waals surface area contributed by atoms with E-state index in [1.165, 1.54) is 16.4 Å². The fraction of sp³-hybridized carbons (Fsp3) is 0.458. The summed E-state index contributed by atoms with van der Waals surface area (Å²) in [5.41, 5.74) is 3.92. The van der Waals surface area contributed by atoms with Crippen molar-refractivity contribution in [2.24, 2.45) is 5.92 Å². The third kappa shape index (κ3) is 4.68. The van der Waals surface area contributed by atoms with Crippen LogP contribution in [-0.2, 0) is 10.2 Å². The van der Waals surface area contributed by atoms with Gasteiger partial charge in [-0.1, -0.05) is 13.8 Å². The zero-order chi connectivity index (χ0) is 23.9. The van der Waals surface area contributed by atoms with Gasteiger partial charge in [-0.05, 0) is 60.4 Å². The maximum absolute atomic E-state index is 13.4. The van der Waals surface area contributed by atoms with Crippen LogP contribution in [0.3, 0.4) is 0 Å². The molecule has 1 saturated heterocycles. The molecule has 0 bridgehead atoms. The van der Waals surface area contributed by atoms with Gasteiger partial charge in [0.25, 0.3) is 10.2 Å². The Morgan fingerprint density at radius 2 is 1.85 bits per heavy atom. The third-order valence-electron chi connectivity index (χ3n) is 6.23. The van der Waals surface area contributed by atoms with E-state index >= 15 is 0 Å². The topological polar surface area (TPSA) is 61.7 Å². The molecule has 0 N–H and O–H groups in total. The first kappa shape index (κ1) is 23.8. The first-order chi connectivity index (χ1) is 15.6. The van der Waals surface area contributed by atoms with Gasteiger partial charge in [-0.2, -0.15) is 22.1 Å². The molecule has 33 heavy (non-hydrogen) atoms. The van der Waals surface area contributed by atoms with E-state index in [-0.39, 0.29) is 11.9 Å². The smallest absolute Gasteiger partial charge is 0.281 e. The number of aromatic nitrogens is 2. The summed E-state index contributed by atoms with van der Waals surface area (Å²) in [7, 11) is -0.340. The van der Waals surface area contributed by atoms with E-state index in [9.17, 15) is 12.8 Å². The highest BCUT2D eigenvalue weighted by Crippen LogP contribution is 2.33. The number of piperazine rings is 1. The van der Waals surface area contributed by atoms with E-state index in [4.69, 9.17) is 0 Å². The number of nitrogens with zero attached hydrogens (tertiary/aromatic N) is 5. The Morgan fingerprint density at radius 3 is 2.48 bits per heavy atom. The highest BCUT2D eigenvalue weighted by atomic mass is 32.2. The molecular weight excluding hydrogens is 441 g/mol. The fourth-order valence-electron chi connectivity index (χ4n) is 4.56. The van der Waals surface area contributed by atoms with Gasteiger partial charge in [0.1, 0.15) is 5.82 Å². The summed E-state index contributed by atoms with van der Waals surface area (Å²) < 4.78 is 43.8. The number of rotatable bonds is 6. The zero-order valence-corrected chi connectivity index (χ0v) is 20.7. The van der Waals surface area contributed by atoms with Crippen LogP contribution in [0.25, 0.3) is 16.6 Å². The largest absolute Gasteiger partial charge is 0.293 e. The molecule has 9 heteroatoms. The summed E-state index contributed by atoms with van der Waals surface area (Å²) >= 11 is 0. The molecular formula is C24H32FN5O2S. The lowest BCUT2D eigenvalue weighted by molar-refractivity contribution is 0.102. The van der Waals surface area contributed by atoms with E-state index in [1.807, 2.05) is 6.20 Å². The van der Waals surface area contributed by atoms with Crippen molar-refractivity contribution < 1.29 is 12.8 Å². The van der Waals surface area contributed by atoms with Crippen molar-refractivity contribution in [3.63, 3.8) is 0 Å². The summed E-state index contributed by atoms with van der Waals surface area (Å²) in [5.74, 6) is 0.184. The second kappa shape index (κ2) is 9.13. The Bertz CT molecular complexity index is 1240. The number of hydrogen-bond acceptors (Lipinski definition) is 4. The molecule has 0 amide bonds. The SMILES string of the molecule is Cc1cc2c(cnn2-c2ccc(F)cc2)cc1C1CN(S(=O)(=O)N(C)C)CCN1CC(C)C. The number of hydrogen-bond donors (Lipinski definition) is 0. The van der Waals surface area contributed by atoms with Gasteiger partial charge in [0.2, 0.25) is 0 Å². The average molecular weight is 474 g/mol. The Morgan fingerprint density at radius 1 is 1.15 bits per heavy atom. The molecule has 1 aliphatic heterocycles. The molecule has 1 aromatic heterocycles. The van der Waals surface area contributed by atoms with Crippen LogP contribution >= 0.6 is 0 Å². The minimum atomic E-state index is -3.49. The molecule has 1 aliphatic rings. The summed E-state index contributed by atoms with van der Waals surface area (Å²) in [5, 5.41) is 5.50. The summed E-state index contributed by atoms with van der Waals surface area (Å²) in [6.07, 6.45) is 1.81. The molecule has 7 nitrogen and oxygen atoms in total. The van der Waals surface area contributed by atoms with Crippen molar-refractivity contribution in [1.29, 1.82) is 0 Å². The van der Waals surface area contributed by atoms with Crippen LogP contribution in [0.5, 0.6) is 0 Å². The first-order valence-electron chi connectivity index (χ1n) is 11.2. The van der Waals surface area contributed by atoms with Gasteiger partial charge < -0.3 is 0 Å². The van der Waals surface area contributed by atoms with Gasteiger partial charge in [0.15, 0.2) is 0 Å². The van der Waals surface area contributed by atoms with Crippen LogP contribution in [0.4, 0.5) is 4.39 Å². The summed E-state index contributed by atoms with van der Waals surface area (Å²) in [6, 6.07) is 10.4. The first-order valence-corrected chi connectivity index (χ1v) is 12.6. The van der Waals surface area contributed by atoms with Crippen LogP contribution in [0.2, 0.25) is 0 Å². The molecule has 1 unspecified atom stereocenters. The van der Waals surface area contributed by atoms with Crippen LogP contribution < -0.4 is 0 Å². The molecule has 0 saturated carbocycles. The Labute approximate surface area is 195 Å². The second-order valence-corrected chi connectivity index (χ2v) is 11.5. The van der Waals surface area contributed by atoms with E-state index in [0.29, 0.717) is 25.6 Å². The summed E-state index contributed by atoms with van der Waals surface area (Å²) in [4.78, 5) is 2.39. The quantitative estimate of drug-likeness (QED) is 0.549. The zero-order valence-electron chi connectivity index (χ0n) is 19.9. The number of fused-ring (bicyclic) bond motifs is 1. The molecule has 4 rings (SSSR count). The standard InChI is InChI=1S/C24H32FN5O2S/c1-17(2)15-28-10-11-29(33(31,32)27(4)5)16-24(28)22-13-19-14-26-30(23(19)12-18(22)3)21-8-6-20(25)7-9-21/h6-9,12-14,17,24H,10-11,15-16H2,1-5H3. The van der Waals surface area contributed by atoms with E-state index in [0.717, 1.165) is 34.3 Å². The lowest BCUT2D eigenvalue weighted by Gasteiger charge is -2.42. The van der Waals surface area contributed by atoms with Gasteiger partial charge in [-0.3, -0.25) is 4.90 Å². The second-order valence-electron chi connectivity index (χ2n) is 9.35. The highest BCUT2D eigenvalue weighted by molar-refractivity contribution is 7.86. The molecule has 0 radical (unpaired) electrons. The molecule has 2 heterocycles. The monoisotopic (exact) mass is 473 g/mol. The fourth-order valence-corrected chi connectivity index (χ4v) is 5.67. The van der Waals surface area contributed by atoms with Crippen LogP contribution in [0.15, 0.2) is 42.6 Å². The Balaban J connectivity index is 1.75.